The van der Waals surface area contributed by atoms with Crippen molar-refractivity contribution in [1.82, 2.24) is 4.98 Å². The highest BCUT2D eigenvalue weighted by Crippen LogP contribution is 2.47. The Kier molecular flexibility index (Phi) is 4.55. The molecule has 1 aliphatic heterocycles. The number of hydrogen-bond donors (Lipinski definition) is 0. The van der Waals surface area contributed by atoms with Crippen LogP contribution < -0.4 is 0 Å². The van der Waals surface area contributed by atoms with Gasteiger partial charge in [0.2, 0.25) is 0 Å². The summed E-state index contributed by atoms with van der Waals surface area (Å²) in [5.41, 5.74) is 13.5. The summed E-state index contributed by atoms with van der Waals surface area (Å²) in [6, 6.07) is 41.6. The molecule has 0 radical (unpaired) electrons. The first kappa shape index (κ1) is 20.8. The summed E-state index contributed by atoms with van der Waals surface area (Å²) >= 11 is 1.74. The van der Waals surface area contributed by atoms with Gasteiger partial charge in [-0.05, 0) is 57.6 Å². The Morgan fingerprint density at radius 1 is 0.595 bits per heavy atom. The minimum atomic E-state index is 0.337. The molecule has 0 fully saturated rings. The van der Waals surface area contributed by atoms with Crippen molar-refractivity contribution in [2.75, 3.05) is 0 Å². The van der Waals surface area contributed by atoms with Gasteiger partial charge in [-0.3, -0.25) is 4.99 Å². The van der Waals surface area contributed by atoms with Crippen LogP contribution in [0.2, 0.25) is 0 Å². The second kappa shape index (κ2) is 8.09. The van der Waals surface area contributed by atoms with Crippen LogP contribution in [0.4, 0.5) is 5.69 Å². The van der Waals surface area contributed by atoms with Gasteiger partial charge in [0, 0.05) is 29.2 Å². The number of rotatable bonds is 2. The van der Waals surface area contributed by atoms with Crippen molar-refractivity contribution in [1.29, 1.82) is 0 Å². The second-order valence-corrected chi connectivity index (χ2v) is 10.8. The number of aliphatic imine (C=N–C) groups is 1. The molecule has 37 heavy (non-hydrogen) atoms. The molecule has 8 rings (SSSR count). The molecule has 2 aliphatic rings. The molecule has 0 saturated carbocycles. The highest BCUT2D eigenvalue weighted by atomic mass is 32.1. The Balaban J connectivity index is 1.24. The van der Waals surface area contributed by atoms with Crippen LogP contribution in [0.3, 0.4) is 0 Å². The lowest BCUT2D eigenvalue weighted by Gasteiger charge is -2.24. The zero-order chi connectivity index (χ0) is 24.3. The largest absolute Gasteiger partial charge is 0.252 e. The highest BCUT2D eigenvalue weighted by molar-refractivity contribution is 7.21. The summed E-state index contributed by atoms with van der Waals surface area (Å²) in [5, 5.41) is 1.06. The van der Waals surface area contributed by atoms with E-state index in [4.69, 9.17) is 9.98 Å². The van der Waals surface area contributed by atoms with Crippen molar-refractivity contribution in [3.05, 3.63) is 132 Å². The normalized spacial score (nSPS) is 15.4. The molecule has 1 unspecified atom stereocenters. The Morgan fingerprint density at radius 3 is 2.22 bits per heavy atom. The molecule has 2 bridgehead atoms. The van der Waals surface area contributed by atoms with Crippen LogP contribution in [-0.4, -0.2) is 10.7 Å². The first-order chi connectivity index (χ1) is 18.3. The smallest absolute Gasteiger partial charge is 0.124 e. The first-order valence-electron chi connectivity index (χ1n) is 12.7. The van der Waals surface area contributed by atoms with Crippen molar-refractivity contribution in [2.24, 2.45) is 4.99 Å². The van der Waals surface area contributed by atoms with Crippen LogP contribution in [0.15, 0.2) is 120 Å². The van der Waals surface area contributed by atoms with E-state index in [9.17, 15) is 0 Å². The number of nitrogens with zero attached hydrogens (tertiary/aromatic N) is 2. The lowest BCUT2D eigenvalue weighted by atomic mass is 9.83. The van der Waals surface area contributed by atoms with Crippen molar-refractivity contribution in [3.63, 3.8) is 0 Å². The molecule has 0 N–H and O–H groups in total. The third kappa shape index (κ3) is 3.32. The van der Waals surface area contributed by atoms with E-state index in [1.807, 2.05) is 6.07 Å². The average molecular weight is 491 g/mol. The van der Waals surface area contributed by atoms with Gasteiger partial charge in [-0.1, -0.05) is 91.0 Å². The zero-order valence-corrected chi connectivity index (χ0v) is 20.9. The molecule has 2 nitrogen and oxygen atoms in total. The maximum atomic E-state index is 5.13. The standard InChI is InChI=1S/C34H22N2S/c1-2-8-25-24(7-1)28-19-23(17-18-27(28)32-20-29(25)26-9-3-4-10-30(26)35-32)21-13-15-22(16-14-21)34-36-31-11-5-6-12-33(31)37-34/h1-19,29H,20H2. The SMILES string of the molecule is c1ccc2c(c1)N=C1CC2c2ccccc2-c2cc(-c3ccc(-c4nc5ccccc5s4)cc3)ccc21. The summed E-state index contributed by atoms with van der Waals surface area (Å²) < 4.78 is 1.22. The fraction of sp³-hybridized carbons (Fsp3) is 0.0588. The number of benzene rings is 5. The van der Waals surface area contributed by atoms with Gasteiger partial charge in [-0.15, -0.1) is 11.3 Å². The predicted octanol–water partition coefficient (Wildman–Crippen LogP) is 9.27. The third-order valence-electron chi connectivity index (χ3n) is 7.68. The molecular weight excluding hydrogens is 468 g/mol. The van der Waals surface area contributed by atoms with E-state index in [1.54, 1.807) is 11.3 Å². The van der Waals surface area contributed by atoms with Gasteiger partial charge in [0.05, 0.1) is 15.9 Å². The van der Waals surface area contributed by atoms with Crippen molar-refractivity contribution >= 4 is 33.0 Å². The number of fused-ring (bicyclic) bond motifs is 10. The fourth-order valence-corrected chi connectivity index (χ4v) is 6.84. The van der Waals surface area contributed by atoms with Gasteiger partial charge in [0.1, 0.15) is 5.01 Å². The minimum Gasteiger partial charge on any atom is -0.252 e. The molecule has 0 saturated heterocycles. The average Bonchev–Trinajstić information content (AvgIpc) is 3.37. The van der Waals surface area contributed by atoms with E-state index < -0.39 is 0 Å². The quantitative estimate of drug-likeness (QED) is 0.237. The maximum absolute atomic E-state index is 5.13. The van der Waals surface area contributed by atoms with Gasteiger partial charge in [0.25, 0.3) is 0 Å². The summed E-state index contributed by atoms with van der Waals surface area (Å²) in [6.07, 6.45) is 0.942. The van der Waals surface area contributed by atoms with Crippen LogP contribution in [0.5, 0.6) is 0 Å². The second-order valence-electron chi connectivity index (χ2n) is 9.79. The number of hydrogen-bond acceptors (Lipinski definition) is 3. The Labute approximate surface area is 219 Å². The topological polar surface area (TPSA) is 25.2 Å². The van der Waals surface area contributed by atoms with E-state index in [-0.39, 0.29) is 0 Å². The van der Waals surface area contributed by atoms with Gasteiger partial charge in [0.15, 0.2) is 0 Å². The predicted molar refractivity (Wildman–Crippen MR) is 155 cm³/mol. The van der Waals surface area contributed by atoms with Crippen LogP contribution >= 0.6 is 11.3 Å². The van der Waals surface area contributed by atoms with Crippen molar-refractivity contribution in [3.8, 4) is 32.8 Å². The molecule has 3 heteroatoms. The molecule has 0 amide bonds. The Morgan fingerprint density at radius 2 is 1.32 bits per heavy atom. The van der Waals surface area contributed by atoms with Crippen LogP contribution in [0.25, 0.3) is 43.0 Å². The number of aromatic nitrogens is 1. The molecule has 0 spiro atoms. The Bertz CT molecular complexity index is 1830. The van der Waals surface area contributed by atoms with E-state index in [0.717, 1.165) is 28.2 Å². The van der Waals surface area contributed by atoms with Gasteiger partial charge in [-0.25, -0.2) is 4.98 Å². The number of para-hydroxylation sites is 2. The van der Waals surface area contributed by atoms with E-state index in [1.165, 1.54) is 49.4 Å². The molecule has 174 valence electrons. The molecular formula is C34H22N2S. The van der Waals surface area contributed by atoms with Crippen molar-refractivity contribution in [2.45, 2.75) is 12.3 Å². The molecule has 6 aromatic rings. The van der Waals surface area contributed by atoms with Gasteiger partial charge < -0.3 is 0 Å². The van der Waals surface area contributed by atoms with E-state index in [2.05, 4.69) is 109 Å². The third-order valence-corrected chi connectivity index (χ3v) is 8.77. The van der Waals surface area contributed by atoms with Crippen molar-refractivity contribution < 1.29 is 0 Å². The van der Waals surface area contributed by atoms with Crippen LogP contribution in [0, 0.1) is 0 Å². The summed E-state index contributed by atoms with van der Waals surface area (Å²) in [7, 11) is 0. The minimum absolute atomic E-state index is 0.337. The zero-order valence-electron chi connectivity index (χ0n) is 20.1. The van der Waals surface area contributed by atoms with Crippen LogP contribution in [0.1, 0.15) is 29.0 Å². The Hall–Kier alpha value is -4.34. The van der Waals surface area contributed by atoms with Crippen LogP contribution in [-0.2, 0) is 0 Å². The summed E-state index contributed by atoms with van der Waals surface area (Å²) in [5.74, 6) is 0.337. The summed E-state index contributed by atoms with van der Waals surface area (Å²) in [6.45, 7) is 0. The van der Waals surface area contributed by atoms with Gasteiger partial charge >= 0.3 is 0 Å². The highest BCUT2D eigenvalue weighted by Gasteiger charge is 2.31. The first-order valence-corrected chi connectivity index (χ1v) is 13.5. The summed E-state index contributed by atoms with van der Waals surface area (Å²) in [4.78, 5) is 9.96. The lowest BCUT2D eigenvalue weighted by molar-refractivity contribution is 0.847. The lowest BCUT2D eigenvalue weighted by Crippen LogP contribution is -2.12. The molecule has 2 heterocycles. The van der Waals surface area contributed by atoms with E-state index in [0.29, 0.717) is 5.92 Å². The molecule has 1 atom stereocenters. The fourth-order valence-electron chi connectivity index (χ4n) is 5.87. The maximum Gasteiger partial charge on any atom is 0.124 e. The molecule has 1 aromatic heterocycles. The van der Waals surface area contributed by atoms with Gasteiger partial charge in [-0.2, -0.15) is 0 Å². The van der Waals surface area contributed by atoms with E-state index >= 15 is 0 Å². The monoisotopic (exact) mass is 490 g/mol. The molecule has 5 aromatic carbocycles. The molecule has 1 aliphatic carbocycles. The number of thiazole rings is 1.